The van der Waals surface area contributed by atoms with E-state index in [1.807, 2.05) is 25.1 Å². The quantitative estimate of drug-likeness (QED) is 0.634. The molecular weight excluding hydrogens is 386 g/mol. The van der Waals surface area contributed by atoms with Gasteiger partial charge in [0.2, 0.25) is 5.91 Å². The van der Waals surface area contributed by atoms with Crippen LogP contribution in [0.1, 0.15) is 5.56 Å². The molecule has 2 aromatic rings. The van der Waals surface area contributed by atoms with Crippen molar-refractivity contribution in [1.82, 2.24) is 5.32 Å². The molecule has 1 saturated heterocycles. The van der Waals surface area contributed by atoms with Crippen molar-refractivity contribution in [2.45, 2.75) is 6.92 Å². The van der Waals surface area contributed by atoms with Gasteiger partial charge in [0.1, 0.15) is 0 Å². The van der Waals surface area contributed by atoms with Crippen LogP contribution in [0.15, 0.2) is 58.0 Å². The molecular formula is C18H14BrN3O3. The number of carbonyl (C=O) groups excluding carboxylic acids is 3. The van der Waals surface area contributed by atoms with Gasteiger partial charge in [-0.2, -0.15) is 0 Å². The van der Waals surface area contributed by atoms with Gasteiger partial charge < -0.3 is 0 Å². The lowest BCUT2D eigenvalue weighted by molar-refractivity contribution is -0.131. The second-order valence-electron chi connectivity index (χ2n) is 5.54. The van der Waals surface area contributed by atoms with Crippen molar-refractivity contribution in [3.8, 4) is 0 Å². The fourth-order valence-electron chi connectivity index (χ4n) is 2.43. The number of halogens is 1. The number of aliphatic imine (C=N–C) groups is 1. The Morgan fingerprint density at radius 1 is 1.12 bits per heavy atom. The molecule has 0 aromatic heterocycles. The van der Waals surface area contributed by atoms with Gasteiger partial charge in [0, 0.05) is 10.7 Å². The lowest BCUT2D eigenvalue weighted by Gasteiger charge is -2.28. The van der Waals surface area contributed by atoms with E-state index in [2.05, 4.69) is 26.2 Å². The van der Waals surface area contributed by atoms with E-state index in [1.54, 1.807) is 30.3 Å². The predicted molar refractivity (Wildman–Crippen MR) is 98.0 cm³/mol. The summed E-state index contributed by atoms with van der Waals surface area (Å²) < 4.78 is 0.815. The second-order valence-corrected chi connectivity index (χ2v) is 6.45. The van der Waals surface area contributed by atoms with E-state index in [4.69, 9.17) is 0 Å². The summed E-state index contributed by atoms with van der Waals surface area (Å²) in [6.07, 6.45) is 1.27. The Balaban J connectivity index is 1.89. The number of carbonyl (C=O) groups is 3. The number of hydrogen-bond acceptors (Lipinski definition) is 4. The molecule has 1 N–H and O–H groups in total. The van der Waals surface area contributed by atoms with Crippen molar-refractivity contribution < 1.29 is 14.4 Å². The average molecular weight is 400 g/mol. The first-order valence-corrected chi connectivity index (χ1v) is 8.30. The Bertz CT molecular complexity index is 877. The highest BCUT2D eigenvalue weighted by Crippen LogP contribution is 2.23. The van der Waals surface area contributed by atoms with Gasteiger partial charge >= 0.3 is 6.03 Å². The molecule has 1 atom stereocenters. The van der Waals surface area contributed by atoms with Crippen molar-refractivity contribution in [1.29, 1.82) is 0 Å². The molecule has 126 valence electrons. The minimum atomic E-state index is -1.16. The molecule has 2 aromatic carbocycles. The number of aryl methyl sites for hydroxylation is 1. The summed E-state index contributed by atoms with van der Waals surface area (Å²) >= 11 is 3.30. The van der Waals surface area contributed by atoms with E-state index in [1.165, 1.54) is 6.21 Å². The third-order valence-electron chi connectivity index (χ3n) is 3.66. The van der Waals surface area contributed by atoms with E-state index in [9.17, 15) is 14.4 Å². The molecule has 1 fully saturated rings. The van der Waals surface area contributed by atoms with Crippen molar-refractivity contribution in [3.63, 3.8) is 0 Å². The van der Waals surface area contributed by atoms with E-state index in [0.717, 1.165) is 14.9 Å². The Labute approximate surface area is 152 Å². The molecule has 0 saturated carbocycles. The summed E-state index contributed by atoms with van der Waals surface area (Å²) in [5, 5.41) is 2.19. The van der Waals surface area contributed by atoms with Crippen LogP contribution >= 0.6 is 15.9 Å². The van der Waals surface area contributed by atoms with Crippen LogP contribution in [0.25, 0.3) is 0 Å². The Morgan fingerprint density at radius 2 is 1.84 bits per heavy atom. The van der Waals surface area contributed by atoms with Crippen LogP contribution in [0.3, 0.4) is 0 Å². The zero-order chi connectivity index (χ0) is 18.0. The highest BCUT2D eigenvalue weighted by molar-refractivity contribution is 9.10. The number of anilines is 1. The number of nitrogens with zero attached hydrogens (tertiary/aromatic N) is 2. The fourth-order valence-corrected chi connectivity index (χ4v) is 2.69. The number of imide groups is 2. The molecule has 1 aliphatic rings. The van der Waals surface area contributed by atoms with Crippen LogP contribution in [0.5, 0.6) is 0 Å². The van der Waals surface area contributed by atoms with Gasteiger partial charge in [-0.3, -0.25) is 19.9 Å². The zero-order valence-corrected chi connectivity index (χ0v) is 14.9. The van der Waals surface area contributed by atoms with Crippen molar-refractivity contribution >= 4 is 51.4 Å². The number of amides is 4. The van der Waals surface area contributed by atoms with E-state index in [0.29, 0.717) is 11.4 Å². The zero-order valence-electron chi connectivity index (χ0n) is 13.3. The lowest BCUT2D eigenvalue weighted by atomic mass is 10.1. The summed E-state index contributed by atoms with van der Waals surface area (Å²) in [6.45, 7) is 1.92. The Kier molecular flexibility index (Phi) is 4.76. The largest absolute Gasteiger partial charge is 0.335 e. The van der Waals surface area contributed by atoms with E-state index < -0.39 is 23.8 Å². The van der Waals surface area contributed by atoms with Gasteiger partial charge in [-0.15, -0.1) is 0 Å². The van der Waals surface area contributed by atoms with E-state index in [-0.39, 0.29) is 0 Å². The molecule has 6 nitrogen and oxygen atoms in total. The average Bonchev–Trinajstić information content (AvgIpc) is 2.56. The summed E-state index contributed by atoms with van der Waals surface area (Å²) in [4.78, 5) is 42.0. The van der Waals surface area contributed by atoms with Crippen LogP contribution in [-0.2, 0) is 9.59 Å². The number of urea groups is 1. The minimum Gasteiger partial charge on any atom is -0.276 e. The first kappa shape index (κ1) is 17.0. The number of hydrogen-bond donors (Lipinski definition) is 1. The maximum absolute atomic E-state index is 12.7. The number of nitrogens with one attached hydrogen (secondary N) is 1. The third-order valence-corrected chi connectivity index (χ3v) is 4.19. The molecule has 0 aliphatic carbocycles. The topological polar surface area (TPSA) is 78.8 Å². The van der Waals surface area contributed by atoms with Gasteiger partial charge in [0.25, 0.3) is 5.91 Å². The van der Waals surface area contributed by atoms with Crippen molar-refractivity contribution in [2.24, 2.45) is 10.9 Å². The van der Waals surface area contributed by atoms with Crippen molar-refractivity contribution in [3.05, 3.63) is 58.6 Å². The van der Waals surface area contributed by atoms with Crippen LogP contribution in [-0.4, -0.2) is 24.1 Å². The Morgan fingerprint density at radius 3 is 2.52 bits per heavy atom. The molecule has 25 heavy (non-hydrogen) atoms. The second kappa shape index (κ2) is 6.98. The summed E-state index contributed by atoms with van der Waals surface area (Å²) in [5.41, 5.74) is 2.03. The third kappa shape index (κ3) is 3.66. The highest BCUT2D eigenvalue weighted by Gasteiger charge is 2.40. The number of benzene rings is 2. The van der Waals surface area contributed by atoms with Crippen LogP contribution < -0.4 is 10.2 Å². The number of rotatable bonds is 3. The smallest absolute Gasteiger partial charge is 0.276 e. The monoisotopic (exact) mass is 399 g/mol. The molecule has 0 radical (unpaired) electrons. The summed E-state index contributed by atoms with van der Waals surface area (Å²) in [6, 6.07) is 13.2. The van der Waals surface area contributed by atoms with Gasteiger partial charge in [0.15, 0.2) is 5.92 Å². The van der Waals surface area contributed by atoms with Gasteiger partial charge in [-0.1, -0.05) is 28.1 Å². The Hall–Kier alpha value is -2.80. The molecule has 0 bridgehead atoms. The SMILES string of the molecule is Cc1cccc(N=C[C@H]2C(=O)NC(=O)N(c3ccc(Br)cc3)C2=O)c1. The standard InChI is InChI=1S/C18H14BrN3O3/c1-11-3-2-4-13(9-11)20-10-15-16(23)21-18(25)22(17(15)24)14-7-5-12(19)6-8-14/h2-10,15H,1H3,(H,21,23,25)/t15-/m0/s1. The maximum Gasteiger partial charge on any atom is 0.335 e. The molecule has 3 rings (SSSR count). The molecule has 1 heterocycles. The minimum absolute atomic E-state index is 0.382. The summed E-state index contributed by atoms with van der Waals surface area (Å²) in [5.74, 6) is -2.48. The first-order valence-electron chi connectivity index (χ1n) is 7.51. The summed E-state index contributed by atoms with van der Waals surface area (Å²) in [7, 11) is 0. The van der Waals surface area contributed by atoms with Crippen LogP contribution in [0, 0.1) is 12.8 Å². The normalized spacial score (nSPS) is 17.9. The fraction of sp³-hybridized carbons (Fsp3) is 0.111. The number of barbiturate groups is 1. The molecule has 0 unspecified atom stereocenters. The van der Waals surface area contributed by atoms with Gasteiger partial charge in [-0.05, 0) is 48.9 Å². The first-order chi connectivity index (χ1) is 12.0. The molecule has 4 amide bonds. The van der Waals surface area contributed by atoms with Gasteiger partial charge in [0.05, 0.1) is 11.4 Å². The lowest BCUT2D eigenvalue weighted by Crippen LogP contribution is -2.58. The van der Waals surface area contributed by atoms with E-state index >= 15 is 0 Å². The highest BCUT2D eigenvalue weighted by atomic mass is 79.9. The van der Waals surface area contributed by atoms with Gasteiger partial charge in [-0.25, -0.2) is 9.69 Å². The molecule has 7 heteroatoms. The molecule has 0 spiro atoms. The van der Waals surface area contributed by atoms with Crippen LogP contribution in [0.4, 0.5) is 16.2 Å². The predicted octanol–water partition coefficient (Wildman–Crippen LogP) is 3.36. The van der Waals surface area contributed by atoms with Crippen molar-refractivity contribution in [2.75, 3.05) is 4.90 Å². The maximum atomic E-state index is 12.7. The molecule has 1 aliphatic heterocycles. The van der Waals surface area contributed by atoms with Crippen LogP contribution in [0.2, 0.25) is 0 Å².